The fourth-order valence-electron chi connectivity index (χ4n) is 1.62. The summed E-state index contributed by atoms with van der Waals surface area (Å²) in [7, 11) is 0. The molecule has 2 aliphatic rings. The number of aliphatic hydroxyl groups excluding tert-OH is 1. The number of hydrogen-bond acceptors (Lipinski definition) is 3. The maximum atomic E-state index is 9.32. The van der Waals surface area contributed by atoms with Gasteiger partial charge in [-0.1, -0.05) is 12.2 Å². The Bertz CT molecular complexity index is 185. The Morgan fingerprint density at radius 1 is 1.33 bits per heavy atom. The van der Waals surface area contributed by atoms with Gasteiger partial charge in [0.05, 0.1) is 10.2 Å². The lowest BCUT2D eigenvalue weighted by molar-refractivity contribution is 0.203. The van der Waals surface area contributed by atoms with Crippen molar-refractivity contribution in [3.8, 4) is 0 Å². The van der Waals surface area contributed by atoms with Gasteiger partial charge in [0.2, 0.25) is 0 Å². The van der Waals surface area contributed by atoms with E-state index in [4.69, 9.17) is 0 Å². The van der Waals surface area contributed by atoms with Crippen LogP contribution in [0.3, 0.4) is 0 Å². The van der Waals surface area contributed by atoms with Gasteiger partial charge in [-0.2, -0.15) is 0 Å². The van der Waals surface area contributed by atoms with Crippen LogP contribution in [0.25, 0.3) is 0 Å². The first-order valence-corrected chi connectivity index (χ1v) is 6.43. The second-order valence-electron chi connectivity index (χ2n) is 3.33. The zero-order valence-corrected chi connectivity index (χ0v) is 8.66. The van der Waals surface area contributed by atoms with Gasteiger partial charge in [-0.15, -0.1) is 23.5 Å². The average molecular weight is 202 g/mol. The molecule has 1 aliphatic carbocycles. The smallest absolute Gasteiger partial charge is 0.0793 e. The standard InChI is InChI=1S/C9H14OS2/c10-8-2-4-9(5-3-8)11-6-1-7-12-9/h2,4,8,10H,1,3,5-7H2/t8-/m0/s1. The second kappa shape index (κ2) is 3.64. The van der Waals surface area contributed by atoms with E-state index in [9.17, 15) is 5.11 Å². The van der Waals surface area contributed by atoms with Crippen LogP contribution in [-0.2, 0) is 0 Å². The topological polar surface area (TPSA) is 20.2 Å². The highest BCUT2D eigenvalue weighted by molar-refractivity contribution is 8.19. The highest BCUT2D eigenvalue weighted by atomic mass is 32.2. The average Bonchev–Trinajstić information content (AvgIpc) is 2.13. The maximum absolute atomic E-state index is 9.32. The van der Waals surface area contributed by atoms with E-state index in [2.05, 4.69) is 29.6 Å². The lowest BCUT2D eigenvalue weighted by atomic mass is 10.0. The number of aliphatic hydroxyl groups is 1. The Kier molecular flexibility index (Phi) is 2.72. The van der Waals surface area contributed by atoms with Gasteiger partial charge < -0.3 is 5.11 Å². The van der Waals surface area contributed by atoms with Crippen molar-refractivity contribution < 1.29 is 5.11 Å². The summed E-state index contributed by atoms with van der Waals surface area (Å²) in [5.41, 5.74) is 0. The van der Waals surface area contributed by atoms with Crippen LogP contribution >= 0.6 is 23.5 Å². The summed E-state index contributed by atoms with van der Waals surface area (Å²) in [5.74, 6) is 2.57. The molecule has 1 heterocycles. The van der Waals surface area contributed by atoms with Crippen molar-refractivity contribution in [3.05, 3.63) is 12.2 Å². The zero-order chi connectivity index (χ0) is 8.44. The van der Waals surface area contributed by atoms with Crippen LogP contribution in [0.5, 0.6) is 0 Å². The predicted molar refractivity (Wildman–Crippen MR) is 56.6 cm³/mol. The molecule has 0 amide bonds. The zero-order valence-electron chi connectivity index (χ0n) is 7.03. The quantitative estimate of drug-likeness (QED) is 0.609. The van der Waals surface area contributed by atoms with Gasteiger partial charge in [0.15, 0.2) is 0 Å². The summed E-state index contributed by atoms with van der Waals surface area (Å²) >= 11 is 4.11. The summed E-state index contributed by atoms with van der Waals surface area (Å²) in [5, 5.41) is 9.32. The van der Waals surface area contributed by atoms with Crippen molar-refractivity contribution in [2.45, 2.75) is 29.4 Å². The first-order chi connectivity index (χ1) is 5.81. The Balaban J connectivity index is 2.05. The summed E-state index contributed by atoms with van der Waals surface area (Å²) in [6.07, 6.45) is 7.42. The van der Waals surface area contributed by atoms with Crippen molar-refractivity contribution in [3.63, 3.8) is 0 Å². The number of hydrogen-bond donors (Lipinski definition) is 1. The van der Waals surface area contributed by atoms with Gasteiger partial charge in [-0.25, -0.2) is 0 Å². The highest BCUT2D eigenvalue weighted by Gasteiger charge is 2.33. The molecule has 1 saturated heterocycles. The summed E-state index contributed by atoms with van der Waals surface area (Å²) in [6.45, 7) is 0. The van der Waals surface area contributed by atoms with E-state index in [1.54, 1.807) is 0 Å². The van der Waals surface area contributed by atoms with Crippen LogP contribution in [-0.4, -0.2) is 26.8 Å². The normalized spacial score (nSPS) is 33.9. The molecule has 0 aromatic rings. The minimum Gasteiger partial charge on any atom is -0.389 e. The van der Waals surface area contributed by atoms with Crippen LogP contribution in [0.4, 0.5) is 0 Å². The van der Waals surface area contributed by atoms with Gasteiger partial charge in [0.25, 0.3) is 0 Å². The number of thioether (sulfide) groups is 2. The molecule has 1 aliphatic heterocycles. The third-order valence-corrected chi connectivity index (χ3v) is 5.69. The predicted octanol–water partition coefficient (Wildman–Crippen LogP) is 2.26. The van der Waals surface area contributed by atoms with Crippen LogP contribution < -0.4 is 0 Å². The molecule has 2 rings (SSSR count). The van der Waals surface area contributed by atoms with Gasteiger partial charge >= 0.3 is 0 Å². The van der Waals surface area contributed by atoms with E-state index < -0.39 is 0 Å². The van der Waals surface area contributed by atoms with Gasteiger partial charge in [0.1, 0.15) is 0 Å². The van der Waals surface area contributed by atoms with Crippen LogP contribution in [0.2, 0.25) is 0 Å². The first kappa shape index (κ1) is 8.97. The molecule has 0 aromatic heterocycles. The molecule has 0 unspecified atom stereocenters. The van der Waals surface area contributed by atoms with Crippen molar-refractivity contribution >= 4 is 23.5 Å². The fourth-order valence-corrected chi connectivity index (χ4v) is 4.78. The van der Waals surface area contributed by atoms with Crippen molar-refractivity contribution in [2.24, 2.45) is 0 Å². The van der Waals surface area contributed by atoms with E-state index in [1.807, 2.05) is 6.08 Å². The SMILES string of the molecule is O[C@H]1C=CC2(CC1)SCCCS2. The van der Waals surface area contributed by atoms with Gasteiger partial charge in [0, 0.05) is 0 Å². The van der Waals surface area contributed by atoms with Crippen molar-refractivity contribution in [1.82, 2.24) is 0 Å². The molecule has 0 radical (unpaired) electrons. The van der Waals surface area contributed by atoms with Crippen LogP contribution in [0.1, 0.15) is 19.3 Å². The Labute approximate surface area is 82.0 Å². The lowest BCUT2D eigenvalue weighted by Gasteiger charge is -2.36. The van der Waals surface area contributed by atoms with Crippen LogP contribution in [0, 0.1) is 0 Å². The van der Waals surface area contributed by atoms with E-state index in [0.717, 1.165) is 12.8 Å². The fraction of sp³-hybridized carbons (Fsp3) is 0.778. The van der Waals surface area contributed by atoms with Crippen LogP contribution in [0.15, 0.2) is 12.2 Å². The minimum absolute atomic E-state index is 0.182. The monoisotopic (exact) mass is 202 g/mol. The molecule has 0 aromatic carbocycles. The largest absolute Gasteiger partial charge is 0.389 e. The lowest BCUT2D eigenvalue weighted by Crippen LogP contribution is -2.28. The summed E-state index contributed by atoms with van der Waals surface area (Å²) in [6, 6.07) is 0. The van der Waals surface area contributed by atoms with E-state index in [-0.39, 0.29) is 6.10 Å². The molecular weight excluding hydrogens is 188 g/mol. The summed E-state index contributed by atoms with van der Waals surface area (Å²) in [4.78, 5) is 0. The first-order valence-electron chi connectivity index (χ1n) is 4.46. The molecule has 68 valence electrons. The van der Waals surface area contributed by atoms with Gasteiger partial charge in [-0.3, -0.25) is 0 Å². The second-order valence-corrected chi connectivity index (χ2v) is 6.44. The molecule has 3 heteroatoms. The Morgan fingerprint density at radius 2 is 2.08 bits per heavy atom. The molecule has 1 N–H and O–H groups in total. The number of rotatable bonds is 0. The van der Waals surface area contributed by atoms with E-state index >= 15 is 0 Å². The van der Waals surface area contributed by atoms with E-state index in [0.29, 0.717) is 4.08 Å². The molecular formula is C9H14OS2. The van der Waals surface area contributed by atoms with Crippen molar-refractivity contribution in [2.75, 3.05) is 11.5 Å². The summed E-state index contributed by atoms with van der Waals surface area (Å²) < 4.78 is 0.331. The minimum atomic E-state index is -0.182. The third kappa shape index (κ3) is 1.83. The Hall–Kier alpha value is 0.400. The highest BCUT2D eigenvalue weighted by Crippen LogP contribution is 2.48. The Morgan fingerprint density at radius 3 is 2.67 bits per heavy atom. The molecule has 12 heavy (non-hydrogen) atoms. The maximum Gasteiger partial charge on any atom is 0.0793 e. The third-order valence-electron chi connectivity index (χ3n) is 2.34. The molecule has 1 spiro atoms. The van der Waals surface area contributed by atoms with E-state index in [1.165, 1.54) is 17.9 Å². The molecule has 0 saturated carbocycles. The molecule has 1 fully saturated rings. The van der Waals surface area contributed by atoms with Crippen molar-refractivity contribution in [1.29, 1.82) is 0 Å². The van der Waals surface area contributed by atoms with Gasteiger partial charge in [-0.05, 0) is 30.8 Å². The molecule has 0 bridgehead atoms. The molecule has 1 atom stereocenters. The molecule has 1 nitrogen and oxygen atoms in total.